The number of para-hydroxylation sites is 4. The third-order valence-corrected chi connectivity index (χ3v) is 16.7. The first kappa shape index (κ1) is 46.1. The zero-order chi connectivity index (χ0) is 52.1. The van der Waals surface area contributed by atoms with Crippen LogP contribution in [0.4, 0.5) is 34.1 Å². The van der Waals surface area contributed by atoms with Gasteiger partial charge in [-0.25, -0.2) is 0 Å². The van der Waals surface area contributed by atoms with Crippen LogP contribution < -0.4 is 9.80 Å². The maximum Gasteiger partial charge on any atom is 0.174 e. The van der Waals surface area contributed by atoms with Gasteiger partial charge < -0.3 is 27.5 Å². The molecule has 0 unspecified atom stereocenters. The van der Waals surface area contributed by atoms with Crippen LogP contribution in [0.3, 0.4) is 0 Å². The van der Waals surface area contributed by atoms with E-state index >= 15 is 0 Å². The third kappa shape index (κ3) is 7.02. The number of aryl methyl sites for hydroxylation is 1. The molecule has 4 aromatic heterocycles. The molecule has 0 N–H and O–H groups in total. The predicted octanol–water partition coefficient (Wildman–Crippen LogP) is 20.9. The van der Waals surface area contributed by atoms with Crippen molar-refractivity contribution in [3.8, 4) is 33.8 Å². The number of hydrogen-bond acceptors (Lipinski definition) is 6. The molecular weight excluding hydrogens is 957 g/mol. The summed E-state index contributed by atoms with van der Waals surface area (Å²) in [5.74, 6) is 1.89. The second-order valence-corrected chi connectivity index (χ2v) is 21.5. The van der Waals surface area contributed by atoms with Gasteiger partial charge in [0.1, 0.15) is 16.7 Å². The Bertz CT molecular complexity index is 4370. The molecule has 78 heavy (non-hydrogen) atoms. The third-order valence-electron chi connectivity index (χ3n) is 16.7. The normalized spacial score (nSPS) is 13.3. The second kappa shape index (κ2) is 18.2. The predicted molar refractivity (Wildman–Crippen MR) is 319 cm³/mol. The highest BCUT2D eigenvalue weighted by Gasteiger charge is 2.55. The zero-order valence-corrected chi connectivity index (χ0v) is 43.9. The number of furan rings is 4. The van der Waals surface area contributed by atoms with E-state index in [1.165, 1.54) is 36.8 Å². The molecule has 15 rings (SSSR count). The van der Waals surface area contributed by atoms with Crippen molar-refractivity contribution < 1.29 is 17.7 Å². The van der Waals surface area contributed by atoms with Crippen LogP contribution in [0, 0.1) is 0 Å². The van der Waals surface area contributed by atoms with Gasteiger partial charge in [-0.2, -0.15) is 0 Å². The summed E-state index contributed by atoms with van der Waals surface area (Å²) in [6.07, 6.45) is 9.59. The first-order valence-electron chi connectivity index (χ1n) is 27.6. The van der Waals surface area contributed by atoms with E-state index in [4.69, 9.17) is 17.7 Å². The molecule has 9 aromatic carbocycles. The molecule has 0 saturated carbocycles. The summed E-state index contributed by atoms with van der Waals surface area (Å²) in [7, 11) is 0. The Morgan fingerprint density at radius 1 is 0.474 bits per heavy atom. The van der Waals surface area contributed by atoms with Crippen molar-refractivity contribution in [1.29, 1.82) is 0 Å². The summed E-state index contributed by atoms with van der Waals surface area (Å²) in [5, 5.41) is 4.36. The molecule has 0 amide bonds. The van der Waals surface area contributed by atoms with Gasteiger partial charge in [0, 0.05) is 61.0 Å². The van der Waals surface area contributed by atoms with Gasteiger partial charge in [0.2, 0.25) is 0 Å². The van der Waals surface area contributed by atoms with Crippen LogP contribution in [-0.2, 0) is 11.8 Å². The molecule has 1 spiro atoms. The lowest BCUT2D eigenvalue weighted by molar-refractivity contribution is 0.525. The Balaban J connectivity index is 0.972. The fourth-order valence-corrected chi connectivity index (χ4v) is 13.0. The van der Waals surface area contributed by atoms with E-state index in [0.717, 1.165) is 140 Å². The van der Waals surface area contributed by atoms with E-state index in [0.29, 0.717) is 5.92 Å². The summed E-state index contributed by atoms with van der Waals surface area (Å²) in [6, 6.07) is 75.3. The van der Waals surface area contributed by atoms with E-state index in [9.17, 15) is 0 Å². The van der Waals surface area contributed by atoms with Gasteiger partial charge in [0.05, 0.1) is 29.3 Å². The Hall–Kier alpha value is -9.26. The first-order valence-corrected chi connectivity index (χ1v) is 27.6. The number of benzene rings is 9. The standard InChI is InChI=1S/C72H56N2O4/c1-4-5-6-7-15-46-24-26-48(27-25-46)50-42-53(73(51-32-28-47(29-33-51)45(2)3)52-34-30-49(31-35-52)55-18-14-19-58-56-16-8-12-22-65(56)77-68(55)58)44-54(43-50)74-64-21-11-10-20-60(64)72(62-38-40-75-70(62)71-63(72)39-41-76-71)61-37-36-59-57-17-9-13-23-66(57)78-69(59)67(61)74/h8-14,16-45H,4-7,15H2,1-3H3. The lowest BCUT2D eigenvalue weighted by Crippen LogP contribution is -2.36. The lowest BCUT2D eigenvalue weighted by atomic mass is 9.65. The van der Waals surface area contributed by atoms with Crippen molar-refractivity contribution in [2.75, 3.05) is 9.80 Å². The average Bonchev–Trinajstić information content (AvgIpc) is 2.77. The number of nitrogens with zero attached hydrogens (tertiary/aromatic N) is 2. The summed E-state index contributed by atoms with van der Waals surface area (Å²) in [5.41, 5.74) is 20.2. The zero-order valence-electron chi connectivity index (χ0n) is 43.9. The van der Waals surface area contributed by atoms with E-state index in [1.54, 1.807) is 12.5 Å². The van der Waals surface area contributed by atoms with Crippen molar-refractivity contribution in [3.63, 3.8) is 0 Å². The van der Waals surface area contributed by atoms with Gasteiger partial charge >= 0.3 is 0 Å². The Labute approximate surface area is 453 Å². The highest BCUT2D eigenvalue weighted by molar-refractivity contribution is 6.14. The van der Waals surface area contributed by atoms with Gasteiger partial charge in [-0.05, 0) is 137 Å². The fourth-order valence-electron chi connectivity index (χ4n) is 13.0. The summed E-state index contributed by atoms with van der Waals surface area (Å²) < 4.78 is 26.4. The SMILES string of the molecule is CCCCCCc1ccc(-c2cc(N(c3ccc(-c4cccc5c4oc4ccccc45)cc3)c3ccc(C(C)C)cc3)cc(N3c4ccccc4C4(c5ccoc5-c5occc54)c4ccc5c(oc6ccccc65)c43)c2)cc1. The van der Waals surface area contributed by atoms with Crippen LogP contribution in [0.2, 0.25) is 0 Å². The monoisotopic (exact) mass is 1010 g/mol. The molecule has 0 saturated heterocycles. The summed E-state index contributed by atoms with van der Waals surface area (Å²) in [4.78, 5) is 4.88. The highest BCUT2D eigenvalue weighted by atomic mass is 16.4. The molecule has 13 aromatic rings. The molecule has 1 aliphatic carbocycles. The average molecular weight is 1010 g/mol. The van der Waals surface area contributed by atoms with Crippen LogP contribution in [0.5, 0.6) is 0 Å². The Morgan fingerprint density at radius 3 is 1.81 bits per heavy atom. The Kier molecular flexibility index (Phi) is 10.8. The largest absolute Gasteiger partial charge is 0.461 e. The minimum atomic E-state index is -0.758. The molecule has 0 radical (unpaired) electrons. The van der Waals surface area contributed by atoms with Gasteiger partial charge in [0.25, 0.3) is 0 Å². The first-order chi connectivity index (χ1) is 38.5. The molecule has 6 heteroatoms. The van der Waals surface area contributed by atoms with E-state index < -0.39 is 5.41 Å². The van der Waals surface area contributed by atoms with Crippen LogP contribution in [0.1, 0.15) is 85.8 Å². The smallest absolute Gasteiger partial charge is 0.174 e. The van der Waals surface area contributed by atoms with Crippen LogP contribution in [0.15, 0.2) is 236 Å². The fraction of sp³-hybridized carbons (Fsp3) is 0.139. The van der Waals surface area contributed by atoms with E-state index in [1.807, 2.05) is 12.1 Å². The van der Waals surface area contributed by atoms with Crippen molar-refractivity contribution in [2.24, 2.45) is 0 Å². The molecule has 6 nitrogen and oxygen atoms in total. The maximum atomic E-state index is 7.17. The highest BCUT2D eigenvalue weighted by Crippen LogP contribution is 2.65. The number of fused-ring (bicyclic) bond motifs is 16. The molecular formula is C72H56N2O4. The molecule has 0 bridgehead atoms. The summed E-state index contributed by atoms with van der Waals surface area (Å²) >= 11 is 0. The van der Waals surface area contributed by atoms with Crippen molar-refractivity contribution in [1.82, 2.24) is 0 Å². The van der Waals surface area contributed by atoms with Crippen LogP contribution >= 0.6 is 0 Å². The molecule has 5 heterocycles. The molecule has 0 fully saturated rings. The second-order valence-electron chi connectivity index (χ2n) is 21.5. The molecule has 1 aliphatic heterocycles. The molecule has 2 aliphatic rings. The number of unbranched alkanes of at least 4 members (excludes halogenated alkanes) is 3. The van der Waals surface area contributed by atoms with Crippen molar-refractivity contribution in [2.45, 2.75) is 64.2 Å². The maximum absolute atomic E-state index is 7.17. The topological polar surface area (TPSA) is 59.0 Å². The minimum Gasteiger partial charge on any atom is -0.461 e. The van der Waals surface area contributed by atoms with Gasteiger partial charge in [0.15, 0.2) is 17.1 Å². The Morgan fingerprint density at radius 2 is 1.10 bits per heavy atom. The van der Waals surface area contributed by atoms with Crippen LogP contribution in [0.25, 0.3) is 77.7 Å². The van der Waals surface area contributed by atoms with Crippen molar-refractivity contribution in [3.05, 3.63) is 252 Å². The minimum absolute atomic E-state index is 0.381. The number of hydrogen-bond donors (Lipinski definition) is 0. The van der Waals surface area contributed by atoms with Crippen molar-refractivity contribution >= 4 is 78.0 Å². The van der Waals surface area contributed by atoms with Gasteiger partial charge in [-0.15, -0.1) is 0 Å². The van der Waals surface area contributed by atoms with Gasteiger partial charge in [-0.1, -0.05) is 167 Å². The summed E-state index contributed by atoms with van der Waals surface area (Å²) in [6.45, 7) is 6.78. The lowest BCUT2D eigenvalue weighted by Gasteiger charge is -2.44. The van der Waals surface area contributed by atoms with E-state index in [-0.39, 0.29) is 0 Å². The molecule has 378 valence electrons. The quantitative estimate of drug-likeness (QED) is 0.114. The molecule has 0 atom stereocenters. The van der Waals surface area contributed by atoms with Crippen LogP contribution in [-0.4, -0.2) is 0 Å². The number of rotatable bonds is 12. The van der Waals surface area contributed by atoms with Gasteiger partial charge in [-0.3, -0.25) is 0 Å². The van der Waals surface area contributed by atoms with E-state index in [2.05, 4.69) is 225 Å². The number of anilines is 6.